The van der Waals surface area contributed by atoms with E-state index in [-0.39, 0.29) is 17.9 Å². The second-order valence-corrected chi connectivity index (χ2v) is 8.55. The van der Waals surface area contributed by atoms with Gasteiger partial charge in [0, 0.05) is 50.6 Å². The molecule has 1 aromatic heterocycles. The molecular weight excluding hydrogens is 414 g/mol. The van der Waals surface area contributed by atoms with Crippen LogP contribution in [0.5, 0.6) is 0 Å². The van der Waals surface area contributed by atoms with Gasteiger partial charge in [0.2, 0.25) is 5.91 Å². The van der Waals surface area contributed by atoms with E-state index >= 15 is 0 Å². The number of likely N-dealkylation sites (tertiary alicyclic amines) is 1. The number of ether oxygens (including phenoxy) is 1. The van der Waals surface area contributed by atoms with Crippen molar-refractivity contribution in [2.75, 3.05) is 26.7 Å². The Balaban J connectivity index is 1.74. The average Bonchev–Trinajstić information content (AvgIpc) is 2.84. The molecule has 1 fully saturated rings. The topological polar surface area (TPSA) is 62.7 Å². The van der Waals surface area contributed by atoms with Crippen molar-refractivity contribution in [3.05, 3.63) is 65.9 Å². The van der Waals surface area contributed by atoms with Crippen LogP contribution in [0.15, 0.2) is 54.6 Å². The lowest BCUT2D eigenvalue weighted by atomic mass is 9.93. The van der Waals surface area contributed by atoms with Crippen LogP contribution in [0.1, 0.15) is 42.7 Å². The number of hydrogen-bond donors (Lipinski definition) is 0. The minimum Gasteiger partial charge on any atom is -0.462 e. The molecule has 33 heavy (non-hydrogen) atoms. The lowest BCUT2D eigenvalue weighted by molar-refractivity contribution is -0.130. The first kappa shape index (κ1) is 22.9. The average molecular weight is 446 g/mol. The van der Waals surface area contributed by atoms with E-state index in [1.165, 1.54) is 0 Å². The quantitative estimate of drug-likeness (QED) is 0.522. The fourth-order valence-electron chi connectivity index (χ4n) is 4.64. The number of pyridine rings is 1. The highest BCUT2D eigenvalue weighted by molar-refractivity contribution is 6.07. The molecule has 0 saturated carbocycles. The Morgan fingerprint density at radius 1 is 1.06 bits per heavy atom. The van der Waals surface area contributed by atoms with Crippen LogP contribution in [0.3, 0.4) is 0 Å². The Bertz CT molecular complexity index is 1140. The first-order chi connectivity index (χ1) is 16.0. The molecule has 0 unspecified atom stereocenters. The van der Waals surface area contributed by atoms with E-state index in [9.17, 15) is 9.59 Å². The van der Waals surface area contributed by atoms with Crippen molar-refractivity contribution in [1.29, 1.82) is 0 Å². The van der Waals surface area contributed by atoms with Gasteiger partial charge in [-0.15, -0.1) is 0 Å². The summed E-state index contributed by atoms with van der Waals surface area (Å²) in [5.74, 6) is -0.238. The van der Waals surface area contributed by atoms with Gasteiger partial charge in [0.1, 0.15) is 0 Å². The predicted octanol–water partition coefficient (Wildman–Crippen LogP) is 4.52. The van der Waals surface area contributed by atoms with E-state index in [1.54, 1.807) is 6.92 Å². The fourth-order valence-corrected chi connectivity index (χ4v) is 4.64. The molecule has 0 aliphatic carbocycles. The standard InChI is InChI=1S/C27H31N3O3/c1-4-33-27(32)26-24(18-30-16-14-21(15-17-30)29(3)19(2)31)28-23-13-9-8-12-22(23)25(26)20-10-6-5-7-11-20/h5-13,21H,4,14-18H2,1-3H3. The zero-order valence-corrected chi connectivity index (χ0v) is 19.6. The van der Waals surface area contributed by atoms with Gasteiger partial charge in [-0.3, -0.25) is 14.7 Å². The highest BCUT2D eigenvalue weighted by Crippen LogP contribution is 2.34. The molecule has 0 bridgehead atoms. The molecule has 1 amide bonds. The minimum atomic E-state index is -0.337. The maximum atomic E-state index is 13.2. The summed E-state index contributed by atoms with van der Waals surface area (Å²) in [4.78, 5) is 34.1. The number of benzene rings is 2. The smallest absolute Gasteiger partial charge is 0.340 e. The number of hydrogen-bond acceptors (Lipinski definition) is 5. The lowest BCUT2D eigenvalue weighted by Gasteiger charge is -2.36. The zero-order valence-electron chi connectivity index (χ0n) is 19.6. The molecule has 1 aliphatic heterocycles. The normalized spacial score (nSPS) is 14.9. The Morgan fingerprint density at radius 3 is 2.39 bits per heavy atom. The van der Waals surface area contributed by atoms with E-state index in [1.807, 2.05) is 73.5 Å². The summed E-state index contributed by atoms with van der Waals surface area (Å²) in [5.41, 5.74) is 4.00. The summed E-state index contributed by atoms with van der Waals surface area (Å²) in [6, 6.07) is 18.2. The van der Waals surface area contributed by atoms with Crippen LogP contribution in [0.4, 0.5) is 0 Å². The summed E-state index contributed by atoms with van der Waals surface area (Å²) in [7, 11) is 1.87. The van der Waals surface area contributed by atoms with Crippen molar-refractivity contribution >= 4 is 22.8 Å². The van der Waals surface area contributed by atoms with Gasteiger partial charge in [0.15, 0.2) is 0 Å². The number of carbonyl (C=O) groups is 2. The van der Waals surface area contributed by atoms with Crippen molar-refractivity contribution in [3.63, 3.8) is 0 Å². The third-order valence-electron chi connectivity index (χ3n) is 6.48. The number of amides is 1. The van der Waals surface area contributed by atoms with Crippen molar-refractivity contribution in [3.8, 4) is 11.1 Å². The number of carbonyl (C=O) groups excluding carboxylic acids is 2. The van der Waals surface area contributed by atoms with Gasteiger partial charge in [-0.05, 0) is 31.4 Å². The maximum Gasteiger partial charge on any atom is 0.340 e. The summed E-state index contributed by atoms with van der Waals surface area (Å²) in [6.07, 6.45) is 1.81. The molecule has 0 N–H and O–H groups in total. The third kappa shape index (κ3) is 4.91. The monoisotopic (exact) mass is 445 g/mol. The van der Waals surface area contributed by atoms with Crippen molar-refractivity contribution in [2.45, 2.75) is 39.3 Å². The second kappa shape index (κ2) is 10.1. The summed E-state index contributed by atoms with van der Waals surface area (Å²) in [5, 5.41) is 0.942. The molecule has 3 aromatic rings. The second-order valence-electron chi connectivity index (χ2n) is 8.55. The first-order valence-corrected chi connectivity index (χ1v) is 11.6. The van der Waals surface area contributed by atoms with Crippen molar-refractivity contribution in [1.82, 2.24) is 14.8 Å². The Kier molecular flexibility index (Phi) is 7.04. The summed E-state index contributed by atoms with van der Waals surface area (Å²) in [6.45, 7) is 6.00. The largest absolute Gasteiger partial charge is 0.462 e. The Labute approximate surface area is 195 Å². The zero-order chi connectivity index (χ0) is 23.4. The van der Waals surface area contributed by atoms with Gasteiger partial charge in [-0.25, -0.2) is 4.79 Å². The van der Waals surface area contributed by atoms with Crippen LogP contribution in [-0.4, -0.2) is 59.4 Å². The molecule has 1 saturated heterocycles. The molecule has 2 aromatic carbocycles. The van der Waals surface area contributed by atoms with Crippen LogP contribution >= 0.6 is 0 Å². The fraction of sp³-hybridized carbons (Fsp3) is 0.370. The first-order valence-electron chi connectivity index (χ1n) is 11.6. The maximum absolute atomic E-state index is 13.2. The highest BCUT2D eigenvalue weighted by Gasteiger charge is 2.28. The molecule has 4 rings (SSSR count). The van der Waals surface area contributed by atoms with Gasteiger partial charge in [-0.2, -0.15) is 0 Å². The van der Waals surface area contributed by atoms with E-state index in [2.05, 4.69) is 4.90 Å². The van der Waals surface area contributed by atoms with Crippen LogP contribution < -0.4 is 0 Å². The minimum absolute atomic E-state index is 0.0988. The molecule has 0 spiro atoms. The molecule has 2 heterocycles. The number of aromatic nitrogens is 1. The van der Waals surface area contributed by atoms with Crippen molar-refractivity contribution in [2.24, 2.45) is 0 Å². The van der Waals surface area contributed by atoms with Crippen molar-refractivity contribution < 1.29 is 14.3 Å². The molecule has 6 heteroatoms. The van der Waals surface area contributed by atoms with Gasteiger partial charge < -0.3 is 9.64 Å². The number of rotatable bonds is 6. The van der Waals surface area contributed by atoms with Crippen LogP contribution in [0, 0.1) is 0 Å². The number of esters is 1. The lowest BCUT2D eigenvalue weighted by Crippen LogP contribution is -2.44. The number of piperidine rings is 1. The molecule has 0 atom stereocenters. The van der Waals surface area contributed by atoms with Gasteiger partial charge in [-0.1, -0.05) is 48.5 Å². The molecule has 6 nitrogen and oxygen atoms in total. The number of nitrogens with zero attached hydrogens (tertiary/aromatic N) is 3. The number of para-hydroxylation sites is 1. The van der Waals surface area contributed by atoms with Crippen LogP contribution in [0.25, 0.3) is 22.0 Å². The molecule has 0 radical (unpaired) electrons. The predicted molar refractivity (Wildman–Crippen MR) is 130 cm³/mol. The summed E-state index contributed by atoms with van der Waals surface area (Å²) < 4.78 is 5.50. The highest BCUT2D eigenvalue weighted by atomic mass is 16.5. The summed E-state index contributed by atoms with van der Waals surface area (Å²) >= 11 is 0. The van der Waals surface area contributed by atoms with E-state index in [0.29, 0.717) is 18.7 Å². The molecule has 172 valence electrons. The van der Waals surface area contributed by atoms with Gasteiger partial charge in [0.25, 0.3) is 0 Å². The third-order valence-corrected chi connectivity index (χ3v) is 6.48. The van der Waals surface area contributed by atoms with E-state index < -0.39 is 0 Å². The Morgan fingerprint density at radius 2 is 1.73 bits per heavy atom. The van der Waals surface area contributed by atoms with Gasteiger partial charge in [0.05, 0.1) is 23.4 Å². The number of fused-ring (bicyclic) bond motifs is 1. The van der Waals surface area contributed by atoms with Gasteiger partial charge >= 0.3 is 5.97 Å². The van der Waals surface area contributed by atoms with Crippen LogP contribution in [-0.2, 0) is 16.1 Å². The molecule has 1 aliphatic rings. The van der Waals surface area contributed by atoms with Crippen LogP contribution in [0.2, 0.25) is 0 Å². The SMILES string of the molecule is CCOC(=O)c1c(CN2CCC(N(C)C(C)=O)CC2)nc2ccccc2c1-c1ccccc1. The van der Waals surface area contributed by atoms with E-state index in [4.69, 9.17) is 9.72 Å². The molecular formula is C27H31N3O3. The Hall–Kier alpha value is -3.25. The van der Waals surface area contributed by atoms with E-state index in [0.717, 1.165) is 53.7 Å².